The van der Waals surface area contributed by atoms with Crippen LogP contribution in [0.1, 0.15) is 24.2 Å². The van der Waals surface area contributed by atoms with Gasteiger partial charge in [0.2, 0.25) is 0 Å². The molecule has 1 aliphatic heterocycles. The van der Waals surface area contributed by atoms with Gasteiger partial charge in [0.15, 0.2) is 0 Å². The second-order valence-electron chi connectivity index (χ2n) is 6.46. The monoisotopic (exact) mass is 382 g/mol. The van der Waals surface area contributed by atoms with Gasteiger partial charge in [-0.3, -0.25) is 4.79 Å². The third kappa shape index (κ3) is 4.42. The van der Waals surface area contributed by atoms with E-state index >= 15 is 0 Å². The number of hydrogen-bond acceptors (Lipinski definition) is 5. The van der Waals surface area contributed by atoms with E-state index in [4.69, 9.17) is 4.74 Å². The molecule has 0 atom stereocenters. The maximum atomic E-state index is 12.9. The molecule has 0 unspecified atom stereocenters. The van der Waals surface area contributed by atoms with Crippen LogP contribution in [-0.4, -0.2) is 61.2 Å². The Labute approximate surface area is 165 Å². The van der Waals surface area contributed by atoms with Gasteiger partial charge in [-0.25, -0.2) is 9.78 Å². The maximum Gasteiger partial charge on any atom is 0.409 e. The molecule has 28 heavy (non-hydrogen) atoms. The standard InChI is InChI=1S/C21H26N4O3/c1-3-25(18-8-6-5-7-9-18)20(26)17-10-11-19(22-16-17)23-12-14-24(15-13-23)21(27)28-4-2/h5-11,16H,3-4,12-15H2,1-2H3. The van der Waals surface area contributed by atoms with Crippen LogP contribution < -0.4 is 9.80 Å². The smallest absolute Gasteiger partial charge is 0.409 e. The molecule has 0 aliphatic carbocycles. The molecule has 3 rings (SSSR count). The first-order valence-corrected chi connectivity index (χ1v) is 9.63. The Kier molecular flexibility index (Phi) is 6.47. The fourth-order valence-corrected chi connectivity index (χ4v) is 3.24. The van der Waals surface area contributed by atoms with Gasteiger partial charge in [0.05, 0.1) is 12.2 Å². The van der Waals surface area contributed by atoms with Crippen molar-refractivity contribution in [2.24, 2.45) is 0 Å². The molecule has 1 aromatic heterocycles. The minimum absolute atomic E-state index is 0.0696. The zero-order chi connectivity index (χ0) is 19.9. The van der Waals surface area contributed by atoms with Crippen LogP contribution in [0.2, 0.25) is 0 Å². The zero-order valence-electron chi connectivity index (χ0n) is 16.4. The highest BCUT2D eigenvalue weighted by Crippen LogP contribution is 2.19. The summed E-state index contributed by atoms with van der Waals surface area (Å²) in [6.45, 7) is 7.29. The van der Waals surface area contributed by atoms with E-state index in [-0.39, 0.29) is 12.0 Å². The fraction of sp³-hybridized carbons (Fsp3) is 0.381. The molecule has 1 aromatic carbocycles. The van der Waals surface area contributed by atoms with Gasteiger partial charge < -0.3 is 19.4 Å². The van der Waals surface area contributed by atoms with Crippen LogP contribution in [-0.2, 0) is 4.74 Å². The summed E-state index contributed by atoms with van der Waals surface area (Å²) in [6, 6.07) is 13.3. The molecule has 1 aliphatic rings. The number of benzene rings is 1. The van der Waals surface area contributed by atoms with E-state index in [1.807, 2.05) is 49.4 Å². The topological polar surface area (TPSA) is 66.0 Å². The number of para-hydroxylation sites is 1. The number of ether oxygens (including phenoxy) is 1. The van der Waals surface area contributed by atoms with Gasteiger partial charge in [-0.05, 0) is 38.1 Å². The molecule has 1 fully saturated rings. The molecule has 0 spiro atoms. The summed E-state index contributed by atoms with van der Waals surface area (Å²) < 4.78 is 5.04. The molecule has 0 N–H and O–H groups in total. The number of aromatic nitrogens is 1. The van der Waals surface area contributed by atoms with Crippen molar-refractivity contribution < 1.29 is 14.3 Å². The Morgan fingerprint density at radius 1 is 1.04 bits per heavy atom. The van der Waals surface area contributed by atoms with Gasteiger partial charge in [-0.15, -0.1) is 0 Å². The van der Waals surface area contributed by atoms with E-state index in [1.165, 1.54) is 0 Å². The summed E-state index contributed by atoms with van der Waals surface area (Å²) in [5.41, 5.74) is 1.42. The Bertz CT molecular complexity index is 787. The van der Waals surface area contributed by atoms with Gasteiger partial charge >= 0.3 is 6.09 Å². The average molecular weight is 382 g/mol. The van der Waals surface area contributed by atoms with E-state index in [2.05, 4.69) is 9.88 Å². The number of anilines is 2. The molecular formula is C21H26N4O3. The van der Waals surface area contributed by atoms with Crippen LogP contribution in [0.25, 0.3) is 0 Å². The summed E-state index contributed by atoms with van der Waals surface area (Å²) >= 11 is 0. The number of pyridine rings is 1. The van der Waals surface area contributed by atoms with Crippen LogP contribution in [0.3, 0.4) is 0 Å². The zero-order valence-corrected chi connectivity index (χ0v) is 16.4. The first-order chi connectivity index (χ1) is 13.6. The molecule has 2 aromatic rings. The lowest BCUT2D eigenvalue weighted by Gasteiger charge is -2.34. The molecular weight excluding hydrogens is 356 g/mol. The van der Waals surface area contributed by atoms with E-state index in [1.54, 1.807) is 22.9 Å². The number of hydrogen-bond donors (Lipinski definition) is 0. The van der Waals surface area contributed by atoms with Crippen molar-refractivity contribution in [3.8, 4) is 0 Å². The first-order valence-electron chi connectivity index (χ1n) is 9.63. The van der Waals surface area contributed by atoms with E-state index in [0.29, 0.717) is 44.9 Å². The van der Waals surface area contributed by atoms with Crippen molar-refractivity contribution in [3.63, 3.8) is 0 Å². The summed E-state index contributed by atoms with van der Waals surface area (Å²) in [5.74, 6) is 0.739. The highest BCUT2D eigenvalue weighted by atomic mass is 16.6. The quantitative estimate of drug-likeness (QED) is 0.795. The Hall–Kier alpha value is -3.09. The molecule has 0 bridgehead atoms. The van der Waals surface area contributed by atoms with Crippen LogP contribution in [0.5, 0.6) is 0 Å². The minimum Gasteiger partial charge on any atom is -0.450 e. The number of carbonyl (C=O) groups is 2. The van der Waals surface area contributed by atoms with Gasteiger partial charge in [0.25, 0.3) is 5.91 Å². The second kappa shape index (κ2) is 9.21. The largest absolute Gasteiger partial charge is 0.450 e. The van der Waals surface area contributed by atoms with Crippen molar-refractivity contribution in [1.82, 2.24) is 9.88 Å². The highest BCUT2D eigenvalue weighted by molar-refractivity contribution is 6.05. The predicted octanol–water partition coefficient (Wildman–Crippen LogP) is 3.03. The van der Waals surface area contributed by atoms with Crippen LogP contribution in [0, 0.1) is 0 Å². The van der Waals surface area contributed by atoms with Gasteiger partial charge in [0, 0.05) is 44.6 Å². The summed E-state index contributed by atoms with van der Waals surface area (Å²) in [4.78, 5) is 34.7. The van der Waals surface area contributed by atoms with E-state index in [0.717, 1.165) is 11.5 Å². The van der Waals surface area contributed by atoms with Gasteiger partial charge in [-0.1, -0.05) is 18.2 Å². The van der Waals surface area contributed by atoms with Gasteiger partial charge in [-0.2, -0.15) is 0 Å². The third-order valence-corrected chi connectivity index (χ3v) is 4.75. The molecule has 2 amide bonds. The first kappa shape index (κ1) is 19.7. The number of rotatable bonds is 5. The lowest BCUT2D eigenvalue weighted by Crippen LogP contribution is -2.49. The minimum atomic E-state index is -0.267. The number of piperazine rings is 1. The molecule has 2 heterocycles. The van der Waals surface area contributed by atoms with Crippen molar-refractivity contribution in [2.75, 3.05) is 49.1 Å². The Balaban J connectivity index is 1.64. The highest BCUT2D eigenvalue weighted by Gasteiger charge is 2.23. The summed E-state index contributed by atoms with van der Waals surface area (Å²) in [6.07, 6.45) is 1.36. The van der Waals surface area contributed by atoms with Crippen molar-refractivity contribution in [2.45, 2.75) is 13.8 Å². The Morgan fingerprint density at radius 3 is 2.32 bits per heavy atom. The van der Waals surface area contributed by atoms with E-state index in [9.17, 15) is 9.59 Å². The summed E-state index contributed by atoms with van der Waals surface area (Å²) in [5, 5.41) is 0. The third-order valence-electron chi connectivity index (χ3n) is 4.75. The van der Waals surface area contributed by atoms with E-state index < -0.39 is 0 Å². The maximum absolute atomic E-state index is 12.9. The lowest BCUT2D eigenvalue weighted by molar-refractivity contribution is 0.0986. The van der Waals surface area contributed by atoms with Crippen molar-refractivity contribution >= 4 is 23.5 Å². The van der Waals surface area contributed by atoms with Crippen molar-refractivity contribution in [3.05, 3.63) is 54.2 Å². The van der Waals surface area contributed by atoms with Gasteiger partial charge in [0.1, 0.15) is 5.82 Å². The lowest BCUT2D eigenvalue weighted by atomic mass is 10.2. The molecule has 0 saturated carbocycles. The van der Waals surface area contributed by atoms with Crippen molar-refractivity contribution in [1.29, 1.82) is 0 Å². The summed E-state index contributed by atoms with van der Waals surface area (Å²) in [7, 11) is 0. The number of carbonyl (C=O) groups excluding carboxylic acids is 2. The molecule has 7 heteroatoms. The Morgan fingerprint density at radius 2 is 1.75 bits per heavy atom. The average Bonchev–Trinajstić information content (AvgIpc) is 2.75. The number of amides is 2. The van der Waals surface area contributed by atoms with Crippen LogP contribution >= 0.6 is 0 Å². The molecule has 148 valence electrons. The van der Waals surface area contributed by atoms with Crippen LogP contribution in [0.4, 0.5) is 16.3 Å². The number of nitrogens with zero attached hydrogens (tertiary/aromatic N) is 4. The molecule has 7 nitrogen and oxygen atoms in total. The molecule has 0 radical (unpaired) electrons. The molecule has 1 saturated heterocycles. The normalized spacial score (nSPS) is 13.9. The van der Waals surface area contributed by atoms with Crippen LogP contribution in [0.15, 0.2) is 48.7 Å². The second-order valence-corrected chi connectivity index (χ2v) is 6.46. The fourth-order valence-electron chi connectivity index (χ4n) is 3.24. The SMILES string of the molecule is CCOC(=O)N1CCN(c2ccc(C(=O)N(CC)c3ccccc3)cn2)CC1. The predicted molar refractivity (Wildman–Crippen MR) is 109 cm³/mol.